The van der Waals surface area contributed by atoms with Gasteiger partial charge in [0, 0.05) is 30.8 Å². The quantitative estimate of drug-likeness (QED) is 0.731. The van der Waals surface area contributed by atoms with Crippen molar-refractivity contribution in [1.82, 2.24) is 20.3 Å². The van der Waals surface area contributed by atoms with Crippen LogP contribution in [0.5, 0.6) is 0 Å². The van der Waals surface area contributed by atoms with Gasteiger partial charge in [0.25, 0.3) is 0 Å². The number of H-pyrrole nitrogens is 1. The molecule has 4 rings (SSSR count). The molecule has 3 heterocycles. The van der Waals surface area contributed by atoms with Crippen LogP contribution < -0.4 is 11.1 Å². The minimum absolute atomic E-state index is 0.392. The van der Waals surface area contributed by atoms with Gasteiger partial charge in [-0.15, -0.1) is 0 Å². The Morgan fingerprint density at radius 2 is 2.15 bits per heavy atom. The van der Waals surface area contributed by atoms with Gasteiger partial charge in [-0.05, 0) is 18.2 Å². The third kappa shape index (κ3) is 1.81. The molecule has 20 heavy (non-hydrogen) atoms. The van der Waals surface area contributed by atoms with Gasteiger partial charge in [-0.3, -0.25) is 4.98 Å². The van der Waals surface area contributed by atoms with Gasteiger partial charge in [-0.1, -0.05) is 6.07 Å². The van der Waals surface area contributed by atoms with Gasteiger partial charge < -0.3 is 9.73 Å². The zero-order valence-electron chi connectivity index (χ0n) is 10.6. The van der Waals surface area contributed by atoms with Gasteiger partial charge in [-0.25, -0.2) is 14.8 Å². The molecule has 0 spiro atoms. The second-order valence-electron chi connectivity index (χ2n) is 4.88. The number of hydrogen-bond donors (Lipinski definition) is 2. The summed E-state index contributed by atoms with van der Waals surface area (Å²) in [5.41, 5.74) is 2.98. The van der Waals surface area contributed by atoms with Crippen molar-refractivity contribution in [3.8, 4) is 11.3 Å². The van der Waals surface area contributed by atoms with Gasteiger partial charge >= 0.3 is 5.76 Å². The van der Waals surface area contributed by atoms with E-state index >= 15 is 0 Å². The van der Waals surface area contributed by atoms with Gasteiger partial charge in [-0.2, -0.15) is 0 Å². The third-order valence-electron chi connectivity index (χ3n) is 3.54. The summed E-state index contributed by atoms with van der Waals surface area (Å²) in [6.45, 7) is 1.85. The average molecular weight is 268 g/mol. The Kier molecular flexibility index (Phi) is 2.43. The summed E-state index contributed by atoms with van der Waals surface area (Å²) in [6.07, 6.45) is 1.77. The minimum Gasteiger partial charge on any atom is -0.408 e. The molecule has 1 saturated heterocycles. The van der Waals surface area contributed by atoms with Gasteiger partial charge in [0.2, 0.25) is 0 Å². The van der Waals surface area contributed by atoms with Crippen LogP contribution in [-0.4, -0.2) is 28.0 Å². The van der Waals surface area contributed by atoms with Crippen molar-refractivity contribution in [2.75, 3.05) is 13.1 Å². The molecule has 100 valence electrons. The van der Waals surface area contributed by atoms with Crippen molar-refractivity contribution >= 4 is 11.1 Å². The fourth-order valence-corrected chi connectivity index (χ4v) is 2.31. The molecule has 6 heteroatoms. The van der Waals surface area contributed by atoms with E-state index in [0.29, 0.717) is 17.0 Å². The maximum Gasteiger partial charge on any atom is 0.417 e. The predicted molar refractivity (Wildman–Crippen MR) is 73.5 cm³/mol. The van der Waals surface area contributed by atoms with Gasteiger partial charge in [0.05, 0.1) is 11.2 Å². The zero-order chi connectivity index (χ0) is 13.5. The van der Waals surface area contributed by atoms with Crippen molar-refractivity contribution in [2.24, 2.45) is 0 Å². The number of oxazole rings is 1. The molecule has 3 aromatic rings. The third-order valence-corrected chi connectivity index (χ3v) is 3.54. The molecule has 2 N–H and O–H groups in total. The monoisotopic (exact) mass is 268 g/mol. The summed E-state index contributed by atoms with van der Waals surface area (Å²) in [5.74, 6) is 0.807. The van der Waals surface area contributed by atoms with Crippen LogP contribution in [0, 0.1) is 0 Å². The van der Waals surface area contributed by atoms with Crippen LogP contribution >= 0.6 is 0 Å². The first-order valence-corrected chi connectivity index (χ1v) is 6.46. The highest BCUT2D eigenvalue weighted by molar-refractivity contribution is 5.78. The number of fused-ring (bicyclic) bond motifs is 1. The maximum atomic E-state index is 11.2. The van der Waals surface area contributed by atoms with E-state index in [4.69, 9.17) is 4.42 Å². The molecule has 0 unspecified atom stereocenters. The first-order chi connectivity index (χ1) is 9.79. The molecule has 0 amide bonds. The largest absolute Gasteiger partial charge is 0.417 e. The van der Waals surface area contributed by atoms with Crippen LogP contribution in [0.3, 0.4) is 0 Å². The van der Waals surface area contributed by atoms with Gasteiger partial charge in [0.15, 0.2) is 5.58 Å². The first kappa shape index (κ1) is 11.4. The molecule has 0 atom stereocenters. The standard InChI is InChI=1S/C14H12N4O2/c19-14-18-11-2-1-8(5-12(11)20-14)10-3-4-16-13(17-10)9-6-15-7-9/h1-5,9,15H,6-7H2,(H,18,19). The molecular weight excluding hydrogens is 256 g/mol. The Labute approximate surface area is 113 Å². The van der Waals surface area contributed by atoms with Crippen LogP contribution in [0.25, 0.3) is 22.4 Å². The van der Waals surface area contributed by atoms with E-state index in [0.717, 1.165) is 30.2 Å². The number of hydrogen-bond acceptors (Lipinski definition) is 5. The molecule has 2 aromatic heterocycles. The number of benzene rings is 1. The summed E-state index contributed by atoms with van der Waals surface area (Å²) < 4.78 is 5.08. The molecule has 1 aliphatic rings. The Balaban J connectivity index is 1.79. The van der Waals surface area contributed by atoms with Crippen molar-refractivity contribution in [3.05, 3.63) is 46.8 Å². The van der Waals surface area contributed by atoms with E-state index in [9.17, 15) is 4.79 Å². The van der Waals surface area contributed by atoms with Crippen LogP contribution in [0.15, 0.2) is 39.7 Å². The molecule has 1 aliphatic heterocycles. The Bertz CT molecular complexity index is 832. The fraction of sp³-hybridized carbons (Fsp3) is 0.214. The molecule has 1 fully saturated rings. The van der Waals surface area contributed by atoms with Crippen LogP contribution in [0.4, 0.5) is 0 Å². The molecule has 0 radical (unpaired) electrons. The Morgan fingerprint density at radius 1 is 1.25 bits per heavy atom. The summed E-state index contributed by atoms with van der Waals surface area (Å²) in [7, 11) is 0. The highest BCUT2D eigenvalue weighted by atomic mass is 16.4. The van der Waals surface area contributed by atoms with Crippen molar-refractivity contribution < 1.29 is 4.42 Å². The molecule has 1 aromatic carbocycles. The van der Waals surface area contributed by atoms with E-state index in [1.807, 2.05) is 24.3 Å². The lowest BCUT2D eigenvalue weighted by Crippen LogP contribution is -2.40. The molecule has 0 saturated carbocycles. The number of aromatic amines is 1. The minimum atomic E-state index is -0.443. The maximum absolute atomic E-state index is 11.2. The predicted octanol–water partition coefficient (Wildman–Crippen LogP) is 1.26. The van der Waals surface area contributed by atoms with Gasteiger partial charge in [0.1, 0.15) is 5.82 Å². The lowest BCUT2D eigenvalue weighted by molar-refractivity contribution is 0.430. The summed E-state index contributed by atoms with van der Waals surface area (Å²) in [6, 6.07) is 7.42. The first-order valence-electron chi connectivity index (χ1n) is 6.46. The second kappa shape index (κ2) is 4.28. The number of nitrogens with zero attached hydrogens (tertiary/aromatic N) is 2. The van der Waals surface area contributed by atoms with E-state index in [2.05, 4.69) is 20.3 Å². The molecule has 6 nitrogen and oxygen atoms in total. The second-order valence-corrected chi connectivity index (χ2v) is 4.88. The smallest absolute Gasteiger partial charge is 0.408 e. The fourth-order valence-electron chi connectivity index (χ4n) is 2.31. The topological polar surface area (TPSA) is 83.8 Å². The van der Waals surface area contributed by atoms with E-state index < -0.39 is 5.76 Å². The highest BCUT2D eigenvalue weighted by Crippen LogP contribution is 2.23. The number of aromatic nitrogens is 3. The van der Waals surface area contributed by atoms with Crippen molar-refractivity contribution in [1.29, 1.82) is 0 Å². The Hall–Kier alpha value is -2.47. The van der Waals surface area contributed by atoms with Crippen LogP contribution in [0.2, 0.25) is 0 Å². The number of rotatable bonds is 2. The van der Waals surface area contributed by atoms with E-state index in [1.54, 1.807) is 6.20 Å². The van der Waals surface area contributed by atoms with Crippen molar-refractivity contribution in [3.63, 3.8) is 0 Å². The normalized spacial score (nSPS) is 15.4. The molecular formula is C14H12N4O2. The summed E-state index contributed by atoms with van der Waals surface area (Å²) >= 11 is 0. The number of nitrogens with one attached hydrogen (secondary N) is 2. The lowest BCUT2D eigenvalue weighted by atomic mass is 10.0. The summed E-state index contributed by atoms with van der Waals surface area (Å²) in [5, 5.41) is 3.21. The van der Waals surface area contributed by atoms with E-state index in [1.165, 1.54) is 0 Å². The van der Waals surface area contributed by atoms with Crippen LogP contribution in [-0.2, 0) is 0 Å². The molecule has 0 aliphatic carbocycles. The SMILES string of the molecule is O=c1[nH]c2ccc(-c3ccnc(C4CNC4)n3)cc2o1. The van der Waals surface area contributed by atoms with Crippen molar-refractivity contribution in [2.45, 2.75) is 5.92 Å². The Morgan fingerprint density at radius 3 is 2.95 bits per heavy atom. The average Bonchev–Trinajstić information content (AvgIpc) is 2.76. The summed E-state index contributed by atoms with van der Waals surface area (Å²) in [4.78, 5) is 22.7. The van der Waals surface area contributed by atoms with E-state index in [-0.39, 0.29) is 0 Å². The lowest BCUT2D eigenvalue weighted by Gasteiger charge is -2.25. The highest BCUT2D eigenvalue weighted by Gasteiger charge is 2.21. The van der Waals surface area contributed by atoms with Crippen LogP contribution in [0.1, 0.15) is 11.7 Å². The molecule has 0 bridgehead atoms. The zero-order valence-corrected chi connectivity index (χ0v) is 10.6.